The van der Waals surface area contributed by atoms with Crippen LogP contribution in [-0.2, 0) is 0 Å². The summed E-state index contributed by atoms with van der Waals surface area (Å²) >= 11 is 0. The van der Waals surface area contributed by atoms with E-state index in [1.165, 1.54) is 23.4 Å². The van der Waals surface area contributed by atoms with E-state index in [4.69, 9.17) is 0 Å². The van der Waals surface area contributed by atoms with Crippen LogP contribution < -0.4 is 10.6 Å². The van der Waals surface area contributed by atoms with Crippen LogP contribution in [-0.4, -0.2) is 58.1 Å². The molecule has 0 aliphatic carbocycles. The number of hydrogen-bond donors (Lipinski definition) is 2. The lowest BCUT2D eigenvalue weighted by Crippen LogP contribution is -2.57. The Kier molecular flexibility index (Phi) is 7.77. The molecule has 0 aromatic carbocycles. The van der Waals surface area contributed by atoms with Gasteiger partial charge in [-0.15, -0.1) is 0 Å². The van der Waals surface area contributed by atoms with Crippen molar-refractivity contribution in [3.63, 3.8) is 0 Å². The minimum Gasteiger partial charge on any atom is -0.316 e. The van der Waals surface area contributed by atoms with Gasteiger partial charge in [-0.2, -0.15) is 0 Å². The molecule has 8 unspecified atom stereocenters. The van der Waals surface area contributed by atoms with Crippen LogP contribution in [0.4, 0.5) is 0 Å². The Morgan fingerprint density at radius 3 is 1.79 bits per heavy atom. The van der Waals surface area contributed by atoms with Crippen LogP contribution in [0.15, 0.2) is 11.3 Å². The first-order valence-electron chi connectivity index (χ1n) is 11.5. The topological polar surface area (TPSA) is 30.3 Å². The number of rotatable bonds is 0. The van der Waals surface area contributed by atoms with E-state index >= 15 is 0 Å². The first kappa shape index (κ1) is 23.4. The molecule has 162 valence electrons. The Balaban J connectivity index is 2.43. The predicted molar refractivity (Wildman–Crippen MR) is 122 cm³/mol. The SMILES string of the molecule is CC1=C(C)N2C[N+](=C1C)C(C)C(C)NC(C)C(C)CC(C)C(C)NC(C)C2C. The first-order valence-corrected chi connectivity index (χ1v) is 11.5. The average molecular weight is 392 g/mol. The molecule has 0 spiro atoms. The van der Waals surface area contributed by atoms with E-state index in [0.29, 0.717) is 48.1 Å². The van der Waals surface area contributed by atoms with Gasteiger partial charge in [0.15, 0.2) is 11.8 Å². The lowest BCUT2D eigenvalue weighted by atomic mass is 9.87. The molecular weight excluding hydrogens is 344 g/mol. The molecule has 2 aliphatic heterocycles. The Hall–Kier alpha value is -0.870. The van der Waals surface area contributed by atoms with Gasteiger partial charge in [-0.1, -0.05) is 13.8 Å². The number of allylic oxidation sites excluding steroid dienone is 2. The molecule has 8 atom stereocenters. The van der Waals surface area contributed by atoms with Crippen LogP contribution in [0.1, 0.15) is 82.6 Å². The van der Waals surface area contributed by atoms with E-state index in [-0.39, 0.29) is 0 Å². The highest BCUT2D eigenvalue weighted by atomic mass is 15.3. The summed E-state index contributed by atoms with van der Waals surface area (Å²) in [7, 11) is 0. The summed E-state index contributed by atoms with van der Waals surface area (Å²) in [5.41, 5.74) is 4.29. The highest BCUT2D eigenvalue weighted by Crippen LogP contribution is 2.25. The lowest BCUT2D eigenvalue weighted by molar-refractivity contribution is -0.586. The van der Waals surface area contributed by atoms with Gasteiger partial charge in [-0.3, -0.25) is 0 Å². The fourth-order valence-electron chi connectivity index (χ4n) is 4.91. The van der Waals surface area contributed by atoms with Crippen molar-refractivity contribution in [1.82, 2.24) is 15.5 Å². The molecule has 2 heterocycles. The van der Waals surface area contributed by atoms with Crippen molar-refractivity contribution in [3.8, 4) is 0 Å². The molecule has 0 aromatic rings. The van der Waals surface area contributed by atoms with E-state index in [2.05, 4.69) is 96.3 Å². The fraction of sp³-hybridized carbons (Fsp3) is 0.875. The molecule has 0 amide bonds. The van der Waals surface area contributed by atoms with Gasteiger partial charge in [0.2, 0.25) is 6.67 Å². The predicted octanol–water partition coefficient (Wildman–Crippen LogP) is 4.21. The zero-order valence-corrected chi connectivity index (χ0v) is 20.4. The highest BCUT2D eigenvalue weighted by Gasteiger charge is 2.36. The Morgan fingerprint density at radius 2 is 1.25 bits per heavy atom. The van der Waals surface area contributed by atoms with Gasteiger partial charge in [0, 0.05) is 42.4 Å². The van der Waals surface area contributed by atoms with Gasteiger partial charge >= 0.3 is 0 Å². The molecule has 4 nitrogen and oxygen atoms in total. The maximum Gasteiger partial charge on any atom is 0.219 e. The monoisotopic (exact) mass is 391 g/mol. The molecule has 4 heteroatoms. The van der Waals surface area contributed by atoms with Gasteiger partial charge in [0.1, 0.15) is 0 Å². The van der Waals surface area contributed by atoms with E-state index in [1.54, 1.807) is 0 Å². The minimum atomic E-state index is 0.446. The molecule has 2 aliphatic rings. The zero-order chi connectivity index (χ0) is 21.3. The summed E-state index contributed by atoms with van der Waals surface area (Å²) in [6.07, 6.45) is 1.25. The normalized spacial score (nSPS) is 41.9. The molecular formula is C24H47N4+. The summed E-state index contributed by atoms with van der Waals surface area (Å²) < 4.78 is 2.61. The molecule has 1 fully saturated rings. The summed E-state index contributed by atoms with van der Waals surface area (Å²) in [5.74, 6) is 1.33. The van der Waals surface area contributed by atoms with Crippen LogP contribution in [0, 0.1) is 11.8 Å². The Bertz CT molecular complexity index is 608. The van der Waals surface area contributed by atoms with Gasteiger partial charge in [-0.05, 0) is 73.6 Å². The smallest absolute Gasteiger partial charge is 0.219 e. The lowest BCUT2D eigenvalue weighted by Gasteiger charge is -2.41. The van der Waals surface area contributed by atoms with Crippen molar-refractivity contribution >= 4 is 5.71 Å². The van der Waals surface area contributed by atoms with Crippen molar-refractivity contribution in [2.75, 3.05) is 6.67 Å². The second kappa shape index (κ2) is 9.30. The summed E-state index contributed by atoms with van der Waals surface area (Å²) in [5, 5.41) is 7.86. The fourth-order valence-corrected chi connectivity index (χ4v) is 4.91. The van der Waals surface area contributed by atoms with Crippen LogP contribution in [0.3, 0.4) is 0 Å². The maximum atomic E-state index is 3.93. The van der Waals surface area contributed by atoms with Gasteiger partial charge in [-0.25, -0.2) is 4.58 Å². The van der Waals surface area contributed by atoms with Gasteiger partial charge in [0.05, 0.1) is 6.04 Å². The third-order valence-electron chi connectivity index (χ3n) is 8.18. The third-order valence-corrected chi connectivity index (χ3v) is 8.18. The number of nitrogens with one attached hydrogen (secondary N) is 2. The second-order valence-corrected chi connectivity index (χ2v) is 10.0. The standard InChI is InChI=1S/C24H47N4/c1-14-12-15(2)18(5)26-20(7)24(11)28-13-27(21(8)16(3)22(28)9)23(10)19(6)25-17(14)4/h14-15,17-20,23-26H,12-13H2,1-11H3/q+1. The van der Waals surface area contributed by atoms with Gasteiger partial charge in [0.25, 0.3) is 0 Å². The Labute approximate surface area is 174 Å². The molecule has 1 saturated heterocycles. The molecule has 2 rings (SSSR count). The van der Waals surface area contributed by atoms with Crippen molar-refractivity contribution < 1.29 is 4.58 Å². The van der Waals surface area contributed by atoms with E-state index in [0.717, 1.165) is 6.67 Å². The molecule has 2 N–H and O–H groups in total. The van der Waals surface area contributed by atoms with Crippen LogP contribution in [0.5, 0.6) is 0 Å². The molecule has 0 saturated carbocycles. The number of nitrogens with zero attached hydrogens (tertiary/aromatic N) is 2. The van der Waals surface area contributed by atoms with Crippen molar-refractivity contribution in [2.45, 2.75) is 119 Å². The van der Waals surface area contributed by atoms with Crippen molar-refractivity contribution in [1.29, 1.82) is 0 Å². The van der Waals surface area contributed by atoms with Crippen LogP contribution >= 0.6 is 0 Å². The van der Waals surface area contributed by atoms with E-state index in [1.807, 2.05) is 0 Å². The zero-order valence-electron chi connectivity index (χ0n) is 20.4. The number of fused-ring (bicyclic) bond motifs is 2. The maximum absolute atomic E-state index is 3.93. The second-order valence-electron chi connectivity index (χ2n) is 10.0. The molecule has 0 radical (unpaired) electrons. The average Bonchev–Trinajstić information content (AvgIpc) is 2.64. The Morgan fingerprint density at radius 1 is 0.750 bits per heavy atom. The van der Waals surface area contributed by atoms with Crippen LogP contribution in [0.2, 0.25) is 0 Å². The summed E-state index contributed by atoms with van der Waals surface area (Å²) in [4.78, 5) is 2.61. The first-order chi connectivity index (χ1) is 13.0. The van der Waals surface area contributed by atoms with Crippen molar-refractivity contribution in [3.05, 3.63) is 11.3 Å². The molecule has 28 heavy (non-hydrogen) atoms. The van der Waals surface area contributed by atoms with Gasteiger partial charge < -0.3 is 15.5 Å². The van der Waals surface area contributed by atoms with Crippen molar-refractivity contribution in [2.24, 2.45) is 11.8 Å². The summed E-state index contributed by atoms with van der Waals surface area (Å²) in [6.45, 7) is 26.9. The quantitative estimate of drug-likeness (QED) is 0.606. The van der Waals surface area contributed by atoms with E-state index in [9.17, 15) is 0 Å². The minimum absolute atomic E-state index is 0.446. The van der Waals surface area contributed by atoms with Crippen LogP contribution in [0.25, 0.3) is 0 Å². The highest BCUT2D eigenvalue weighted by molar-refractivity contribution is 5.94. The third kappa shape index (κ3) is 4.81. The molecule has 0 aromatic heterocycles. The molecule has 2 bridgehead atoms. The summed E-state index contributed by atoms with van der Waals surface area (Å²) in [6, 6.07) is 2.84. The van der Waals surface area contributed by atoms with E-state index < -0.39 is 0 Å². The largest absolute Gasteiger partial charge is 0.316 e. The number of hydrogen-bond acceptors (Lipinski definition) is 3.